The van der Waals surface area contributed by atoms with Crippen LogP contribution in [0.2, 0.25) is 0 Å². The smallest absolute Gasteiger partial charge is 0.408 e. The number of amides is 2. The third kappa shape index (κ3) is 6.44. The molecule has 1 atom stereocenters. The normalized spacial score (nSPS) is 12.2. The highest BCUT2D eigenvalue weighted by molar-refractivity contribution is 7.99. The number of rotatable bonds is 5. The number of hydrogen-bond acceptors (Lipinski definition) is 4. The van der Waals surface area contributed by atoms with E-state index in [1.807, 2.05) is 54.6 Å². The van der Waals surface area contributed by atoms with Gasteiger partial charge in [0.15, 0.2) is 0 Å². The van der Waals surface area contributed by atoms with Gasteiger partial charge in [0, 0.05) is 9.79 Å². The summed E-state index contributed by atoms with van der Waals surface area (Å²) in [5.74, 6) is -0.308. The fourth-order valence-electron chi connectivity index (χ4n) is 2.07. The Morgan fingerprint density at radius 3 is 2.27 bits per heavy atom. The average molecular weight is 372 g/mol. The molecule has 2 rings (SSSR count). The molecule has 138 valence electrons. The zero-order valence-electron chi connectivity index (χ0n) is 15.4. The maximum absolute atomic E-state index is 12.4. The summed E-state index contributed by atoms with van der Waals surface area (Å²) in [5, 5.41) is 5.41. The third-order valence-corrected chi connectivity index (χ3v) is 4.33. The summed E-state index contributed by atoms with van der Waals surface area (Å²) in [6.07, 6.45) is -0.618. The van der Waals surface area contributed by atoms with Gasteiger partial charge in [-0.3, -0.25) is 4.79 Å². The first-order chi connectivity index (χ1) is 12.2. The highest BCUT2D eigenvalue weighted by Crippen LogP contribution is 2.33. The minimum Gasteiger partial charge on any atom is -0.444 e. The van der Waals surface area contributed by atoms with Crippen molar-refractivity contribution >= 4 is 29.4 Å². The predicted molar refractivity (Wildman–Crippen MR) is 104 cm³/mol. The molecule has 0 aromatic heterocycles. The molecular formula is C20H24N2O3S. The lowest BCUT2D eigenvalue weighted by Gasteiger charge is -2.22. The summed E-state index contributed by atoms with van der Waals surface area (Å²) in [7, 11) is 0. The lowest BCUT2D eigenvalue weighted by Crippen LogP contribution is -2.44. The van der Waals surface area contributed by atoms with E-state index in [4.69, 9.17) is 4.74 Å². The van der Waals surface area contributed by atoms with E-state index in [2.05, 4.69) is 10.6 Å². The van der Waals surface area contributed by atoms with Crippen molar-refractivity contribution in [3.05, 3.63) is 54.6 Å². The summed E-state index contributed by atoms with van der Waals surface area (Å²) in [5.41, 5.74) is 0.0864. The molecule has 0 aliphatic carbocycles. The number of benzene rings is 2. The Bertz CT molecular complexity index is 757. The number of ether oxygens (including phenoxy) is 1. The predicted octanol–water partition coefficient (Wildman–Crippen LogP) is 4.69. The van der Waals surface area contributed by atoms with Crippen molar-refractivity contribution in [1.82, 2.24) is 5.32 Å². The van der Waals surface area contributed by atoms with Crippen LogP contribution in [0.1, 0.15) is 27.7 Å². The number of hydrogen-bond donors (Lipinski definition) is 2. The van der Waals surface area contributed by atoms with Crippen LogP contribution in [-0.2, 0) is 9.53 Å². The van der Waals surface area contributed by atoms with Crippen LogP contribution in [0.15, 0.2) is 64.4 Å². The molecule has 0 radical (unpaired) electrons. The summed E-state index contributed by atoms with van der Waals surface area (Å²) in [4.78, 5) is 26.2. The Labute approximate surface area is 158 Å². The van der Waals surface area contributed by atoms with Crippen molar-refractivity contribution in [2.24, 2.45) is 0 Å². The SMILES string of the molecule is CC(NC(=O)OC(C)(C)C)C(=O)Nc1ccccc1Sc1ccccc1. The van der Waals surface area contributed by atoms with E-state index >= 15 is 0 Å². The molecule has 0 saturated heterocycles. The van der Waals surface area contributed by atoms with Crippen molar-refractivity contribution in [3.8, 4) is 0 Å². The molecule has 0 fully saturated rings. The maximum atomic E-state index is 12.4. The molecule has 6 heteroatoms. The molecule has 5 nitrogen and oxygen atoms in total. The second-order valence-corrected chi connectivity index (χ2v) is 7.88. The lowest BCUT2D eigenvalue weighted by molar-refractivity contribution is -0.117. The fourth-order valence-corrected chi connectivity index (χ4v) is 2.99. The molecule has 26 heavy (non-hydrogen) atoms. The molecule has 0 heterocycles. The van der Waals surface area contributed by atoms with Crippen LogP contribution < -0.4 is 10.6 Å². The number of alkyl carbamates (subject to hydrolysis) is 1. The summed E-state index contributed by atoms with van der Waals surface area (Å²) < 4.78 is 5.18. The number of para-hydroxylation sites is 1. The highest BCUT2D eigenvalue weighted by atomic mass is 32.2. The van der Waals surface area contributed by atoms with Crippen LogP contribution in [-0.4, -0.2) is 23.6 Å². The number of anilines is 1. The van der Waals surface area contributed by atoms with Gasteiger partial charge >= 0.3 is 6.09 Å². The van der Waals surface area contributed by atoms with Gasteiger partial charge in [0.05, 0.1) is 5.69 Å². The van der Waals surface area contributed by atoms with Gasteiger partial charge in [-0.2, -0.15) is 0 Å². The van der Waals surface area contributed by atoms with E-state index in [1.54, 1.807) is 39.5 Å². The van der Waals surface area contributed by atoms with Gasteiger partial charge in [-0.05, 0) is 52.0 Å². The molecule has 1 unspecified atom stereocenters. The van der Waals surface area contributed by atoms with Gasteiger partial charge in [-0.25, -0.2) is 4.79 Å². The summed E-state index contributed by atoms with van der Waals surface area (Å²) in [6.45, 7) is 6.93. The van der Waals surface area contributed by atoms with Crippen LogP contribution in [0.3, 0.4) is 0 Å². The van der Waals surface area contributed by atoms with Gasteiger partial charge in [-0.1, -0.05) is 42.1 Å². The van der Waals surface area contributed by atoms with Crippen molar-refractivity contribution in [1.29, 1.82) is 0 Å². The molecule has 2 aromatic carbocycles. The molecule has 0 aliphatic rings. The van der Waals surface area contributed by atoms with Crippen molar-refractivity contribution < 1.29 is 14.3 Å². The standard InChI is InChI=1S/C20H24N2O3S/c1-14(21-19(24)25-20(2,3)4)18(23)22-16-12-8-9-13-17(16)26-15-10-6-5-7-11-15/h5-14H,1-4H3,(H,21,24)(H,22,23). The van der Waals surface area contributed by atoms with E-state index in [0.29, 0.717) is 5.69 Å². The van der Waals surface area contributed by atoms with E-state index in [0.717, 1.165) is 9.79 Å². The van der Waals surface area contributed by atoms with Crippen molar-refractivity contribution in [2.45, 2.75) is 49.1 Å². The number of carbonyl (C=O) groups excluding carboxylic acids is 2. The first kappa shape index (κ1) is 19.8. The van der Waals surface area contributed by atoms with Crippen LogP contribution in [0.25, 0.3) is 0 Å². The second-order valence-electron chi connectivity index (χ2n) is 6.77. The Kier molecular flexibility index (Phi) is 6.69. The van der Waals surface area contributed by atoms with Crippen molar-refractivity contribution in [3.63, 3.8) is 0 Å². The number of nitrogens with one attached hydrogen (secondary N) is 2. The largest absolute Gasteiger partial charge is 0.444 e. The van der Waals surface area contributed by atoms with E-state index in [9.17, 15) is 9.59 Å². The molecule has 0 spiro atoms. The Morgan fingerprint density at radius 1 is 1.00 bits per heavy atom. The van der Waals surface area contributed by atoms with E-state index in [-0.39, 0.29) is 5.91 Å². The minimum absolute atomic E-state index is 0.308. The first-order valence-electron chi connectivity index (χ1n) is 8.37. The highest BCUT2D eigenvalue weighted by Gasteiger charge is 2.21. The Morgan fingerprint density at radius 2 is 1.62 bits per heavy atom. The topological polar surface area (TPSA) is 67.4 Å². The Balaban J connectivity index is 2.01. The van der Waals surface area contributed by atoms with Crippen LogP contribution in [0.4, 0.5) is 10.5 Å². The van der Waals surface area contributed by atoms with Crippen LogP contribution in [0.5, 0.6) is 0 Å². The summed E-state index contributed by atoms with van der Waals surface area (Å²) >= 11 is 1.56. The zero-order chi connectivity index (χ0) is 19.2. The molecule has 2 aromatic rings. The third-order valence-electron chi connectivity index (χ3n) is 3.24. The minimum atomic E-state index is -0.723. The van der Waals surface area contributed by atoms with E-state index in [1.165, 1.54) is 0 Å². The van der Waals surface area contributed by atoms with Gasteiger partial charge in [-0.15, -0.1) is 0 Å². The average Bonchev–Trinajstić information content (AvgIpc) is 2.55. The van der Waals surface area contributed by atoms with Crippen LogP contribution >= 0.6 is 11.8 Å². The molecule has 0 aliphatic heterocycles. The number of carbonyl (C=O) groups is 2. The molecule has 0 saturated carbocycles. The van der Waals surface area contributed by atoms with Crippen LogP contribution in [0, 0.1) is 0 Å². The molecular weight excluding hydrogens is 348 g/mol. The Hall–Kier alpha value is -2.47. The fraction of sp³-hybridized carbons (Fsp3) is 0.300. The van der Waals surface area contributed by atoms with Crippen molar-refractivity contribution in [2.75, 3.05) is 5.32 Å². The van der Waals surface area contributed by atoms with Gasteiger partial charge in [0.1, 0.15) is 11.6 Å². The first-order valence-corrected chi connectivity index (χ1v) is 9.18. The molecule has 0 bridgehead atoms. The molecule has 2 amide bonds. The quantitative estimate of drug-likeness (QED) is 0.799. The van der Waals surface area contributed by atoms with Gasteiger partial charge in [0.2, 0.25) is 5.91 Å². The summed E-state index contributed by atoms with van der Waals surface area (Å²) in [6, 6.07) is 16.8. The second kappa shape index (κ2) is 8.76. The van der Waals surface area contributed by atoms with E-state index < -0.39 is 17.7 Å². The zero-order valence-corrected chi connectivity index (χ0v) is 16.2. The monoisotopic (exact) mass is 372 g/mol. The van der Waals surface area contributed by atoms with Gasteiger partial charge in [0.25, 0.3) is 0 Å². The maximum Gasteiger partial charge on any atom is 0.408 e. The van der Waals surface area contributed by atoms with Gasteiger partial charge < -0.3 is 15.4 Å². The molecule has 2 N–H and O–H groups in total. The lowest BCUT2D eigenvalue weighted by atomic mass is 10.2.